The number of likely N-dealkylation sites (tertiary alicyclic amines) is 1. The van der Waals surface area contributed by atoms with Crippen molar-refractivity contribution >= 4 is 18.3 Å². The first-order valence-corrected chi connectivity index (χ1v) is 10.5. The van der Waals surface area contributed by atoms with Crippen molar-refractivity contribution in [3.63, 3.8) is 0 Å². The first-order chi connectivity index (χ1) is 14.5. The summed E-state index contributed by atoms with van der Waals surface area (Å²) in [5.41, 5.74) is 1.86. The minimum atomic E-state index is -0.213. The third kappa shape index (κ3) is 4.43. The molecule has 2 saturated heterocycles. The van der Waals surface area contributed by atoms with Gasteiger partial charge in [-0.05, 0) is 62.1 Å². The van der Waals surface area contributed by atoms with Gasteiger partial charge in [-0.1, -0.05) is 6.07 Å². The molecule has 31 heavy (non-hydrogen) atoms. The van der Waals surface area contributed by atoms with E-state index in [0.29, 0.717) is 42.6 Å². The van der Waals surface area contributed by atoms with Crippen LogP contribution in [0.4, 0.5) is 0 Å². The van der Waals surface area contributed by atoms with E-state index < -0.39 is 0 Å². The van der Waals surface area contributed by atoms with Crippen molar-refractivity contribution in [2.24, 2.45) is 0 Å². The first-order valence-electron chi connectivity index (χ1n) is 10.5. The number of amides is 1. The maximum Gasteiger partial charge on any atom is 0.263 e. The zero-order chi connectivity index (χ0) is 21.3. The topological polar surface area (TPSA) is 72.8 Å². The zero-order valence-electron chi connectivity index (χ0n) is 18.2. The molecule has 0 aliphatic carbocycles. The number of rotatable bonds is 6. The summed E-state index contributed by atoms with van der Waals surface area (Å²) < 4.78 is 12.3. The number of nitrogens with one attached hydrogen (secondary N) is 1. The molecule has 0 radical (unpaired) electrons. The molecular formula is C23H30ClN3O4. The Hall–Kier alpha value is -2.51. The largest absolute Gasteiger partial charge is 0.493 e. The van der Waals surface area contributed by atoms with Crippen LogP contribution in [0.15, 0.2) is 35.3 Å². The molecule has 4 rings (SSSR count). The summed E-state index contributed by atoms with van der Waals surface area (Å²) in [6, 6.07) is 8.18. The number of nitrogens with zero attached hydrogens (tertiary/aromatic N) is 2. The predicted octanol–water partition coefficient (Wildman–Crippen LogP) is 2.41. The van der Waals surface area contributed by atoms with Crippen LogP contribution >= 0.6 is 12.4 Å². The van der Waals surface area contributed by atoms with E-state index in [4.69, 9.17) is 9.47 Å². The number of benzene rings is 1. The molecule has 1 N–H and O–H groups in total. The van der Waals surface area contributed by atoms with Gasteiger partial charge in [-0.25, -0.2) is 0 Å². The number of halogens is 1. The second-order valence-electron chi connectivity index (χ2n) is 8.02. The first kappa shape index (κ1) is 23.2. The molecule has 0 saturated carbocycles. The lowest BCUT2D eigenvalue weighted by Crippen LogP contribution is -2.42. The molecular weight excluding hydrogens is 418 g/mol. The summed E-state index contributed by atoms with van der Waals surface area (Å²) in [6.45, 7) is 3.97. The van der Waals surface area contributed by atoms with Gasteiger partial charge in [-0.3, -0.25) is 9.59 Å². The summed E-state index contributed by atoms with van der Waals surface area (Å²) in [6.07, 6.45) is 4.33. The highest BCUT2D eigenvalue weighted by Gasteiger charge is 2.40. The number of pyridine rings is 1. The second kappa shape index (κ2) is 9.75. The van der Waals surface area contributed by atoms with Crippen molar-refractivity contribution in [2.45, 2.75) is 44.8 Å². The smallest absolute Gasteiger partial charge is 0.263 e. The van der Waals surface area contributed by atoms with Crippen LogP contribution in [0.1, 0.15) is 34.3 Å². The van der Waals surface area contributed by atoms with E-state index in [1.807, 2.05) is 36.1 Å². The molecule has 1 aromatic carbocycles. The van der Waals surface area contributed by atoms with Gasteiger partial charge in [-0.2, -0.15) is 0 Å². The summed E-state index contributed by atoms with van der Waals surface area (Å²) in [4.78, 5) is 28.3. The molecule has 8 heteroatoms. The number of carbonyl (C=O) groups excluding carboxylic acids is 1. The quantitative estimate of drug-likeness (QED) is 0.736. The Kier molecular flexibility index (Phi) is 7.28. The molecule has 168 valence electrons. The standard InChI is InChI=1S/C23H29N3O4.ClH/c1-15-7-11-25(12-8-16-4-5-19(29-2)20(14-16)30-3)22(27)21(15)23(28)26-13-9-17-18(26)6-10-24-17;/h4-5,7,11,14,17-18,24H,6,8-10,12-13H2,1-3H3;1H/t17-,18-;/m0./s1. The number of hydrogen-bond donors (Lipinski definition) is 1. The highest BCUT2D eigenvalue weighted by Crippen LogP contribution is 2.28. The van der Waals surface area contributed by atoms with Crippen LogP contribution < -0.4 is 20.3 Å². The fourth-order valence-corrected chi connectivity index (χ4v) is 4.65. The third-order valence-electron chi connectivity index (χ3n) is 6.33. The monoisotopic (exact) mass is 447 g/mol. The highest BCUT2D eigenvalue weighted by atomic mass is 35.5. The van der Waals surface area contributed by atoms with Crippen LogP contribution in [0.3, 0.4) is 0 Å². The maximum absolute atomic E-state index is 13.3. The minimum absolute atomic E-state index is 0. The number of methoxy groups -OCH3 is 2. The van der Waals surface area contributed by atoms with Crippen LogP contribution in [0.25, 0.3) is 0 Å². The van der Waals surface area contributed by atoms with Gasteiger partial charge in [0.1, 0.15) is 5.56 Å². The third-order valence-corrected chi connectivity index (χ3v) is 6.33. The maximum atomic E-state index is 13.3. The van der Waals surface area contributed by atoms with Crippen LogP contribution in [-0.2, 0) is 13.0 Å². The minimum Gasteiger partial charge on any atom is -0.493 e. The second-order valence-corrected chi connectivity index (χ2v) is 8.02. The van der Waals surface area contributed by atoms with E-state index >= 15 is 0 Å². The summed E-state index contributed by atoms with van der Waals surface area (Å²) in [7, 11) is 3.21. The van der Waals surface area contributed by atoms with E-state index in [2.05, 4.69) is 5.32 Å². The van der Waals surface area contributed by atoms with Gasteiger partial charge < -0.3 is 24.3 Å². The molecule has 2 aliphatic heterocycles. The number of carbonyl (C=O) groups is 1. The zero-order valence-corrected chi connectivity index (χ0v) is 19.0. The summed E-state index contributed by atoms with van der Waals surface area (Å²) >= 11 is 0. The lowest BCUT2D eigenvalue weighted by molar-refractivity contribution is 0.0733. The molecule has 0 unspecified atom stereocenters. The Bertz CT molecular complexity index is 1010. The Labute approximate surface area is 188 Å². The molecule has 2 atom stereocenters. The fraction of sp³-hybridized carbons (Fsp3) is 0.478. The van der Waals surface area contributed by atoms with Gasteiger partial charge in [0.15, 0.2) is 11.5 Å². The van der Waals surface area contributed by atoms with E-state index in [-0.39, 0.29) is 29.9 Å². The average molecular weight is 448 g/mol. The van der Waals surface area contributed by atoms with Crippen molar-refractivity contribution in [2.75, 3.05) is 27.3 Å². The van der Waals surface area contributed by atoms with Crippen molar-refractivity contribution < 1.29 is 14.3 Å². The van der Waals surface area contributed by atoms with E-state index in [1.54, 1.807) is 25.0 Å². The van der Waals surface area contributed by atoms with Gasteiger partial charge in [0.05, 0.1) is 14.2 Å². The SMILES string of the molecule is COc1ccc(CCn2ccc(C)c(C(=O)N3CC[C@@H]4NCC[C@@H]43)c2=O)cc1OC.Cl. The molecule has 2 aliphatic rings. The van der Waals surface area contributed by atoms with Crippen LogP contribution in [0.5, 0.6) is 11.5 Å². The molecule has 3 heterocycles. The van der Waals surface area contributed by atoms with Gasteiger partial charge in [0.25, 0.3) is 11.5 Å². The summed E-state index contributed by atoms with van der Waals surface area (Å²) in [5, 5.41) is 3.46. The Balaban J connectivity index is 0.00000272. The molecule has 0 bridgehead atoms. The van der Waals surface area contributed by atoms with Crippen molar-refractivity contribution in [3.05, 3.63) is 57.5 Å². The average Bonchev–Trinajstić information content (AvgIpc) is 3.36. The Morgan fingerprint density at radius 1 is 1.16 bits per heavy atom. The molecule has 0 spiro atoms. The number of aryl methyl sites for hydroxylation is 3. The molecule has 2 aromatic rings. The summed E-state index contributed by atoms with van der Waals surface area (Å²) in [5.74, 6) is 1.21. The van der Waals surface area contributed by atoms with Crippen molar-refractivity contribution in [1.82, 2.24) is 14.8 Å². The normalized spacial score (nSPS) is 19.6. The Morgan fingerprint density at radius 3 is 2.68 bits per heavy atom. The van der Waals surface area contributed by atoms with Crippen LogP contribution in [0, 0.1) is 6.92 Å². The van der Waals surface area contributed by atoms with Crippen LogP contribution in [-0.4, -0.2) is 54.8 Å². The van der Waals surface area contributed by atoms with Gasteiger partial charge in [0, 0.05) is 31.4 Å². The lowest BCUT2D eigenvalue weighted by Gasteiger charge is -2.24. The number of fused-ring (bicyclic) bond motifs is 1. The lowest BCUT2D eigenvalue weighted by atomic mass is 10.1. The van der Waals surface area contributed by atoms with Crippen molar-refractivity contribution in [1.29, 1.82) is 0 Å². The van der Waals surface area contributed by atoms with Crippen LogP contribution in [0.2, 0.25) is 0 Å². The van der Waals surface area contributed by atoms with Gasteiger partial charge in [0.2, 0.25) is 0 Å². The molecule has 1 aromatic heterocycles. The fourth-order valence-electron chi connectivity index (χ4n) is 4.65. The van der Waals surface area contributed by atoms with Gasteiger partial charge in [-0.15, -0.1) is 12.4 Å². The number of aromatic nitrogens is 1. The number of hydrogen-bond acceptors (Lipinski definition) is 5. The number of ether oxygens (including phenoxy) is 2. The van der Waals surface area contributed by atoms with E-state index in [1.165, 1.54) is 0 Å². The van der Waals surface area contributed by atoms with E-state index in [0.717, 1.165) is 30.5 Å². The Morgan fingerprint density at radius 2 is 1.94 bits per heavy atom. The molecule has 1 amide bonds. The molecule has 2 fully saturated rings. The predicted molar refractivity (Wildman–Crippen MR) is 122 cm³/mol. The van der Waals surface area contributed by atoms with Crippen molar-refractivity contribution in [3.8, 4) is 11.5 Å². The van der Waals surface area contributed by atoms with E-state index in [9.17, 15) is 9.59 Å². The highest BCUT2D eigenvalue weighted by molar-refractivity contribution is 5.95. The van der Waals surface area contributed by atoms with Gasteiger partial charge >= 0.3 is 0 Å². The molecule has 7 nitrogen and oxygen atoms in total.